The molecule has 18 heavy (non-hydrogen) atoms. The zero-order valence-corrected chi connectivity index (χ0v) is 12.5. The van der Waals surface area contributed by atoms with Crippen LogP contribution in [-0.4, -0.2) is 26.5 Å². The molecule has 96 valence electrons. The van der Waals surface area contributed by atoms with Gasteiger partial charge in [-0.2, -0.15) is 0 Å². The van der Waals surface area contributed by atoms with E-state index in [2.05, 4.69) is 20.9 Å². The SMILES string of the molecule is Cn1ccnc1CC(O)CSc1ccc(Br)cc1. The molecule has 2 rings (SSSR count). The molecule has 0 saturated carbocycles. The Labute approximate surface area is 119 Å². The average Bonchev–Trinajstić information content (AvgIpc) is 2.74. The maximum Gasteiger partial charge on any atom is 0.110 e. The molecule has 1 N–H and O–H groups in total. The minimum atomic E-state index is -0.375. The number of halogens is 1. The molecule has 1 atom stereocenters. The van der Waals surface area contributed by atoms with Crippen LogP contribution in [0.5, 0.6) is 0 Å². The normalized spacial score (nSPS) is 12.6. The number of imidazole rings is 1. The first-order chi connectivity index (χ1) is 8.65. The van der Waals surface area contributed by atoms with Crippen molar-refractivity contribution in [2.45, 2.75) is 17.4 Å². The molecule has 0 bridgehead atoms. The van der Waals surface area contributed by atoms with Crippen molar-refractivity contribution >= 4 is 27.7 Å². The largest absolute Gasteiger partial charge is 0.392 e. The van der Waals surface area contributed by atoms with Crippen molar-refractivity contribution in [1.82, 2.24) is 9.55 Å². The van der Waals surface area contributed by atoms with E-state index in [1.54, 1.807) is 18.0 Å². The zero-order chi connectivity index (χ0) is 13.0. The summed E-state index contributed by atoms with van der Waals surface area (Å²) in [4.78, 5) is 5.37. The topological polar surface area (TPSA) is 38.0 Å². The molecular formula is C13H15BrN2OS. The fourth-order valence-electron chi connectivity index (χ4n) is 1.59. The van der Waals surface area contributed by atoms with Crippen LogP contribution in [0.15, 0.2) is 46.0 Å². The molecule has 0 fully saturated rings. The highest BCUT2D eigenvalue weighted by Crippen LogP contribution is 2.21. The Kier molecular flexibility index (Phi) is 4.86. The van der Waals surface area contributed by atoms with Gasteiger partial charge in [-0.3, -0.25) is 0 Å². The van der Waals surface area contributed by atoms with Crippen LogP contribution in [0.1, 0.15) is 5.82 Å². The van der Waals surface area contributed by atoms with Crippen LogP contribution in [0.4, 0.5) is 0 Å². The molecule has 1 unspecified atom stereocenters. The molecule has 1 aromatic heterocycles. The Morgan fingerprint density at radius 3 is 2.72 bits per heavy atom. The van der Waals surface area contributed by atoms with Crippen molar-refractivity contribution < 1.29 is 5.11 Å². The first kappa shape index (κ1) is 13.6. The lowest BCUT2D eigenvalue weighted by molar-refractivity contribution is 0.196. The van der Waals surface area contributed by atoms with Crippen molar-refractivity contribution in [3.63, 3.8) is 0 Å². The molecule has 3 nitrogen and oxygen atoms in total. The molecule has 0 saturated heterocycles. The molecule has 2 aromatic rings. The van der Waals surface area contributed by atoms with Crippen LogP contribution in [0.3, 0.4) is 0 Å². The number of nitrogens with zero attached hydrogens (tertiary/aromatic N) is 2. The van der Waals surface area contributed by atoms with E-state index in [0.29, 0.717) is 12.2 Å². The van der Waals surface area contributed by atoms with E-state index in [0.717, 1.165) is 15.2 Å². The number of benzene rings is 1. The van der Waals surface area contributed by atoms with E-state index >= 15 is 0 Å². The number of rotatable bonds is 5. The number of hydrogen-bond donors (Lipinski definition) is 1. The zero-order valence-electron chi connectivity index (χ0n) is 10.1. The number of aliphatic hydroxyl groups is 1. The summed E-state index contributed by atoms with van der Waals surface area (Å²) in [5.41, 5.74) is 0. The summed E-state index contributed by atoms with van der Waals surface area (Å²) in [6.45, 7) is 0. The highest BCUT2D eigenvalue weighted by atomic mass is 79.9. The molecule has 1 aromatic carbocycles. The quantitative estimate of drug-likeness (QED) is 0.858. The van der Waals surface area contributed by atoms with Crippen molar-refractivity contribution in [1.29, 1.82) is 0 Å². The molecule has 1 heterocycles. The summed E-state index contributed by atoms with van der Waals surface area (Å²) in [5.74, 6) is 1.59. The second kappa shape index (κ2) is 6.41. The number of hydrogen-bond acceptors (Lipinski definition) is 3. The third-order valence-electron chi connectivity index (χ3n) is 2.60. The van der Waals surface area contributed by atoms with E-state index in [1.807, 2.05) is 42.1 Å². The maximum absolute atomic E-state index is 9.98. The molecular weight excluding hydrogens is 312 g/mol. The minimum absolute atomic E-state index is 0.375. The van der Waals surface area contributed by atoms with Crippen molar-refractivity contribution in [2.75, 3.05) is 5.75 Å². The standard InChI is InChI=1S/C13H15BrN2OS/c1-16-7-6-15-13(16)8-11(17)9-18-12-4-2-10(14)3-5-12/h2-7,11,17H,8-9H2,1H3. The summed E-state index contributed by atoms with van der Waals surface area (Å²) in [5, 5.41) is 9.98. The van der Waals surface area contributed by atoms with E-state index in [9.17, 15) is 5.11 Å². The van der Waals surface area contributed by atoms with Gasteiger partial charge in [0.15, 0.2) is 0 Å². The van der Waals surface area contributed by atoms with Gasteiger partial charge < -0.3 is 9.67 Å². The van der Waals surface area contributed by atoms with Crippen molar-refractivity contribution in [3.8, 4) is 0 Å². The lowest BCUT2D eigenvalue weighted by atomic mass is 10.3. The van der Waals surface area contributed by atoms with Gasteiger partial charge in [-0.05, 0) is 24.3 Å². The first-order valence-electron chi connectivity index (χ1n) is 5.68. The third kappa shape index (κ3) is 3.86. The highest BCUT2D eigenvalue weighted by molar-refractivity contribution is 9.10. The van der Waals surface area contributed by atoms with Crippen LogP contribution < -0.4 is 0 Å². The summed E-state index contributed by atoms with van der Waals surface area (Å²) >= 11 is 5.06. The van der Waals surface area contributed by atoms with Crippen LogP contribution in [-0.2, 0) is 13.5 Å². The van der Waals surface area contributed by atoms with Gasteiger partial charge in [0.05, 0.1) is 6.10 Å². The van der Waals surface area contributed by atoms with Gasteiger partial charge >= 0.3 is 0 Å². The second-order valence-corrected chi connectivity index (χ2v) is 6.09. The molecule has 0 spiro atoms. The Bertz CT molecular complexity index is 498. The Morgan fingerprint density at radius 2 is 2.11 bits per heavy atom. The highest BCUT2D eigenvalue weighted by Gasteiger charge is 2.09. The molecule has 0 amide bonds. The first-order valence-corrected chi connectivity index (χ1v) is 7.45. The van der Waals surface area contributed by atoms with E-state index in [4.69, 9.17) is 0 Å². The van der Waals surface area contributed by atoms with E-state index in [1.165, 1.54) is 0 Å². The summed E-state index contributed by atoms with van der Waals surface area (Å²) in [6, 6.07) is 8.10. The molecule has 0 aliphatic carbocycles. The van der Waals surface area contributed by atoms with Crippen LogP contribution in [0.2, 0.25) is 0 Å². The van der Waals surface area contributed by atoms with Crippen LogP contribution >= 0.6 is 27.7 Å². The van der Waals surface area contributed by atoms with Gasteiger partial charge in [0.25, 0.3) is 0 Å². The van der Waals surface area contributed by atoms with Crippen LogP contribution in [0, 0.1) is 0 Å². The average molecular weight is 327 g/mol. The van der Waals surface area contributed by atoms with Crippen molar-refractivity contribution in [2.24, 2.45) is 7.05 Å². The van der Waals surface area contributed by atoms with Crippen LogP contribution in [0.25, 0.3) is 0 Å². The fourth-order valence-corrected chi connectivity index (χ4v) is 2.68. The van der Waals surface area contributed by atoms with Gasteiger partial charge in [-0.1, -0.05) is 15.9 Å². The molecule has 5 heteroatoms. The van der Waals surface area contributed by atoms with Gasteiger partial charge in [-0.15, -0.1) is 11.8 Å². The predicted octanol–water partition coefficient (Wildman–Crippen LogP) is 2.88. The lowest BCUT2D eigenvalue weighted by Gasteiger charge is -2.10. The maximum atomic E-state index is 9.98. The fraction of sp³-hybridized carbons (Fsp3) is 0.308. The van der Waals surface area contributed by atoms with Crippen molar-refractivity contribution in [3.05, 3.63) is 47.0 Å². The van der Waals surface area contributed by atoms with E-state index < -0.39 is 0 Å². The molecule has 0 aliphatic heterocycles. The third-order valence-corrected chi connectivity index (χ3v) is 4.28. The monoisotopic (exact) mass is 326 g/mol. The predicted molar refractivity (Wildman–Crippen MR) is 77.8 cm³/mol. The number of aryl methyl sites for hydroxylation is 1. The minimum Gasteiger partial charge on any atom is -0.392 e. The summed E-state index contributed by atoms with van der Waals surface area (Å²) in [6.07, 6.45) is 3.86. The number of aromatic nitrogens is 2. The van der Waals surface area contributed by atoms with Gasteiger partial charge in [-0.25, -0.2) is 4.98 Å². The molecule has 0 aliphatic rings. The Morgan fingerprint density at radius 1 is 1.39 bits per heavy atom. The Balaban J connectivity index is 1.83. The van der Waals surface area contributed by atoms with Gasteiger partial charge in [0, 0.05) is 41.0 Å². The van der Waals surface area contributed by atoms with Gasteiger partial charge in [0.2, 0.25) is 0 Å². The number of aliphatic hydroxyl groups excluding tert-OH is 1. The number of thioether (sulfide) groups is 1. The smallest absolute Gasteiger partial charge is 0.110 e. The lowest BCUT2D eigenvalue weighted by Crippen LogP contribution is -2.16. The van der Waals surface area contributed by atoms with Gasteiger partial charge in [0.1, 0.15) is 5.82 Å². The Hall–Kier alpha value is -0.780. The summed E-state index contributed by atoms with van der Waals surface area (Å²) < 4.78 is 3.01. The molecule has 0 radical (unpaired) electrons. The summed E-state index contributed by atoms with van der Waals surface area (Å²) in [7, 11) is 1.94. The second-order valence-electron chi connectivity index (χ2n) is 4.08. The van der Waals surface area contributed by atoms with E-state index in [-0.39, 0.29) is 6.10 Å².